The molecular weight excluding hydrogens is 432 g/mol. The second kappa shape index (κ2) is 8.18. The molecule has 0 bridgehead atoms. The van der Waals surface area contributed by atoms with Gasteiger partial charge in [-0.15, -0.1) is 0 Å². The molecule has 0 spiro atoms. The van der Waals surface area contributed by atoms with E-state index in [9.17, 15) is 4.79 Å². The van der Waals surface area contributed by atoms with Crippen LogP contribution >= 0.6 is 11.3 Å². The number of amides is 1. The number of rotatable bonds is 5. The van der Waals surface area contributed by atoms with Gasteiger partial charge in [0, 0.05) is 17.9 Å². The summed E-state index contributed by atoms with van der Waals surface area (Å²) in [4.78, 5) is 17.3. The van der Waals surface area contributed by atoms with Gasteiger partial charge in [-0.3, -0.25) is 4.79 Å². The first-order valence-corrected chi connectivity index (χ1v) is 11.6. The third-order valence-electron chi connectivity index (χ3n) is 5.81. The fraction of sp³-hybridized carbons (Fsp3) is 0.115. The van der Waals surface area contributed by atoms with E-state index in [1.807, 2.05) is 85.1 Å². The highest BCUT2D eigenvalue weighted by atomic mass is 32.1. The fourth-order valence-electron chi connectivity index (χ4n) is 4.15. The van der Waals surface area contributed by atoms with E-state index in [1.165, 1.54) is 0 Å². The van der Waals surface area contributed by atoms with Crippen LogP contribution in [-0.2, 0) is 11.4 Å². The van der Waals surface area contributed by atoms with Crippen molar-refractivity contribution in [2.24, 2.45) is 0 Å². The van der Waals surface area contributed by atoms with Gasteiger partial charge in [-0.25, -0.2) is 4.98 Å². The standard InChI is InChI=1S/C26H20N4O2S/c31-24-14-20(18-10-12-19(13-11-18)32-16-17-6-2-1-3-7-17)21-15-27-30(25(21)29-24)26-28-22-8-4-5-9-23(22)33-26/h1-13,15,20H,14,16H2,(H,29,31). The van der Waals surface area contributed by atoms with Gasteiger partial charge in [-0.2, -0.15) is 9.78 Å². The Hall–Kier alpha value is -3.97. The maximum Gasteiger partial charge on any atom is 0.226 e. The molecule has 0 saturated carbocycles. The minimum absolute atomic E-state index is 0.0280. The van der Waals surface area contributed by atoms with Crippen molar-refractivity contribution in [3.8, 4) is 10.9 Å². The molecule has 0 saturated heterocycles. The number of hydrogen-bond acceptors (Lipinski definition) is 5. The molecule has 1 atom stereocenters. The molecule has 3 aromatic carbocycles. The van der Waals surface area contributed by atoms with Gasteiger partial charge in [0.25, 0.3) is 0 Å². The molecule has 5 aromatic rings. The Morgan fingerprint density at radius 2 is 1.79 bits per heavy atom. The second-order valence-electron chi connectivity index (χ2n) is 7.97. The summed E-state index contributed by atoms with van der Waals surface area (Å²) in [5, 5.41) is 8.32. The molecule has 3 heterocycles. The normalized spacial score (nSPS) is 15.3. The highest BCUT2D eigenvalue weighted by Gasteiger charge is 2.31. The number of para-hydroxylation sites is 1. The Labute approximate surface area is 194 Å². The molecular formula is C26H20N4O2S. The molecule has 2 aromatic heterocycles. The molecule has 1 aliphatic rings. The van der Waals surface area contributed by atoms with E-state index in [-0.39, 0.29) is 11.8 Å². The number of fused-ring (bicyclic) bond motifs is 2. The van der Waals surface area contributed by atoms with Crippen molar-refractivity contribution in [1.29, 1.82) is 0 Å². The molecule has 6 nitrogen and oxygen atoms in total. The Kier molecular flexibility index (Phi) is 4.88. The molecule has 0 aliphatic carbocycles. The van der Waals surface area contributed by atoms with E-state index < -0.39 is 0 Å². The number of nitrogens with one attached hydrogen (secondary N) is 1. The Balaban J connectivity index is 1.28. The monoisotopic (exact) mass is 452 g/mol. The van der Waals surface area contributed by atoms with Crippen LogP contribution in [0.3, 0.4) is 0 Å². The van der Waals surface area contributed by atoms with Crippen molar-refractivity contribution in [3.63, 3.8) is 0 Å². The lowest BCUT2D eigenvalue weighted by Gasteiger charge is -2.23. The van der Waals surface area contributed by atoms with Crippen molar-refractivity contribution in [3.05, 3.63) is 102 Å². The van der Waals surface area contributed by atoms with Crippen LogP contribution in [0.25, 0.3) is 15.3 Å². The number of benzene rings is 3. The van der Waals surface area contributed by atoms with Gasteiger partial charge in [-0.05, 0) is 35.4 Å². The maximum absolute atomic E-state index is 12.6. The number of ether oxygens (including phenoxy) is 1. The lowest BCUT2D eigenvalue weighted by atomic mass is 9.87. The van der Waals surface area contributed by atoms with Crippen LogP contribution in [0, 0.1) is 0 Å². The summed E-state index contributed by atoms with van der Waals surface area (Å²) in [6, 6.07) is 26.0. The second-order valence-corrected chi connectivity index (χ2v) is 8.98. The first kappa shape index (κ1) is 19.7. The van der Waals surface area contributed by atoms with E-state index in [2.05, 4.69) is 10.4 Å². The van der Waals surface area contributed by atoms with Crippen molar-refractivity contribution >= 4 is 33.3 Å². The first-order chi connectivity index (χ1) is 16.2. The molecule has 1 N–H and O–H groups in total. The average molecular weight is 453 g/mol. The van der Waals surface area contributed by atoms with Crippen molar-refractivity contribution < 1.29 is 9.53 Å². The Morgan fingerprint density at radius 3 is 2.61 bits per heavy atom. The zero-order valence-corrected chi connectivity index (χ0v) is 18.5. The van der Waals surface area contributed by atoms with Gasteiger partial charge in [0.1, 0.15) is 18.2 Å². The van der Waals surface area contributed by atoms with Crippen molar-refractivity contribution in [2.45, 2.75) is 18.9 Å². The van der Waals surface area contributed by atoms with Crippen molar-refractivity contribution in [1.82, 2.24) is 14.8 Å². The predicted octanol–water partition coefficient (Wildman–Crippen LogP) is 5.54. The minimum atomic E-state index is -0.0694. The van der Waals surface area contributed by atoms with Crippen LogP contribution in [0.2, 0.25) is 0 Å². The summed E-state index contributed by atoms with van der Waals surface area (Å²) >= 11 is 1.55. The number of aromatic nitrogens is 3. The van der Waals surface area contributed by atoms with E-state index in [1.54, 1.807) is 16.0 Å². The number of thiazole rings is 1. The SMILES string of the molecule is O=C1CC(c2ccc(OCc3ccccc3)cc2)c2cnn(-c3nc4ccccc4s3)c2N1. The molecule has 1 unspecified atom stereocenters. The zero-order valence-electron chi connectivity index (χ0n) is 17.6. The number of hydrogen-bond donors (Lipinski definition) is 1. The lowest BCUT2D eigenvalue weighted by molar-refractivity contribution is -0.116. The molecule has 33 heavy (non-hydrogen) atoms. The van der Waals surface area contributed by atoms with Gasteiger partial charge in [0.2, 0.25) is 11.0 Å². The third-order valence-corrected chi connectivity index (χ3v) is 6.83. The van der Waals surface area contributed by atoms with E-state index in [0.29, 0.717) is 18.8 Å². The van der Waals surface area contributed by atoms with Crippen LogP contribution in [0.1, 0.15) is 29.0 Å². The number of nitrogens with zero attached hydrogens (tertiary/aromatic N) is 3. The summed E-state index contributed by atoms with van der Waals surface area (Å²) in [6.45, 7) is 0.519. The molecule has 1 aliphatic heterocycles. The fourth-order valence-corrected chi connectivity index (χ4v) is 5.08. The number of carbonyl (C=O) groups is 1. The summed E-state index contributed by atoms with van der Waals surface area (Å²) in [5.41, 5.74) is 4.10. The Bertz CT molecular complexity index is 1410. The van der Waals surface area contributed by atoms with Crippen LogP contribution in [0.4, 0.5) is 5.82 Å². The number of carbonyl (C=O) groups excluding carboxylic acids is 1. The molecule has 1 amide bonds. The Morgan fingerprint density at radius 1 is 1.00 bits per heavy atom. The number of anilines is 1. The van der Waals surface area contributed by atoms with Crippen LogP contribution in [0.5, 0.6) is 5.75 Å². The third kappa shape index (κ3) is 3.76. The molecule has 7 heteroatoms. The zero-order chi connectivity index (χ0) is 22.2. The lowest BCUT2D eigenvalue weighted by Crippen LogP contribution is -2.24. The van der Waals surface area contributed by atoms with Crippen LogP contribution < -0.4 is 10.1 Å². The molecule has 0 fully saturated rings. The van der Waals surface area contributed by atoms with Gasteiger partial charge >= 0.3 is 0 Å². The summed E-state index contributed by atoms with van der Waals surface area (Å²) in [6.07, 6.45) is 2.22. The summed E-state index contributed by atoms with van der Waals surface area (Å²) < 4.78 is 8.74. The van der Waals surface area contributed by atoms with E-state index in [0.717, 1.165) is 37.8 Å². The average Bonchev–Trinajstić information content (AvgIpc) is 3.47. The van der Waals surface area contributed by atoms with Crippen molar-refractivity contribution in [2.75, 3.05) is 5.32 Å². The van der Waals surface area contributed by atoms with Crippen LogP contribution in [-0.4, -0.2) is 20.7 Å². The van der Waals surface area contributed by atoms with Gasteiger partial charge in [0.05, 0.1) is 16.4 Å². The summed E-state index contributed by atoms with van der Waals surface area (Å²) in [5.74, 6) is 1.40. The topological polar surface area (TPSA) is 69.0 Å². The quantitative estimate of drug-likeness (QED) is 0.380. The molecule has 6 rings (SSSR count). The summed E-state index contributed by atoms with van der Waals surface area (Å²) in [7, 11) is 0. The minimum Gasteiger partial charge on any atom is -0.489 e. The molecule has 0 radical (unpaired) electrons. The van der Waals surface area contributed by atoms with Gasteiger partial charge < -0.3 is 10.1 Å². The predicted molar refractivity (Wildman–Crippen MR) is 129 cm³/mol. The van der Waals surface area contributed by atoms with Crippen LogP contribution in [0.15, 0.2) is 85.1 Å². The molecule has 162 valence electrons. The van der Waals surface area contributed by atoms with Gasteiger partial charge in [0.15, 0.2) is 0 Å². The van der Waals surface area contributed by atoms with E-state index in [4.69, 9.17) is 9.72 Å². The maximum atomic E-state index is 12.6. The highest BCUT2D eigenvalue weighted by molar-refractivity contribution is 7.20. The highest BCUT2D eigenvalue weighted by Crippen LogP contribution is 2.39. The first-order valence-electron chi connectivity index (χ1n) is 10.7. The van der Waals surface area contributed by atoms with Gasteiger partial charge in [-0.1, -0.05) is 65.9 Å². The largest absolute Gasteiger partial charge is 0.489 e. The smallest absolute Gasteiger partial charge is 0.226 e. The van der Waals surface area contributed by atoms with E-state index >= 15 is 0 Å².